The van der Waals surface area contributed by atoms with Gasteiger partial charge < -0.3 is 9.84 Å². The Balaban J connectivity index is 1.90. The van der Waals surface area contributed by atoms with Crippen LogP contribution in [0.25, 0.3) is 0 Å². The molecule has 3 rings (SSSR count). The number of benzene rings is 1. The molecule has 2 atom stereocenters. The van der Waals surface area contributed by atoms with Gasteiger partial charge in [-0.05, 0) is 49.0 Å². The molecular formula is C23H33NO4. The van der Waals surface area contributed by atoms with Crippen molar-refractivity contribution in [1.82, 2.24) is 4.90 Å². The van der Waals surface area contributed by atoms with Gasteiger partial charge >= 0.3 is 5.97 Å². The van der Waals surface area contributed by atoms with Crippen molar-refractivity contribution in [2.75, 3.05) is 6.61 Å². The summed E-state index contributed by atoms with van der Waals surface area (Å²) >= 11 is 0. The van der Waals surface area contributed by atoms with Crippen LogP contribution < -0.4 is 0 Å². The Morgan fingerprint density at radius 2 is 1.82 bits per heavy atom. The first-order chi connectivity index (χ1) is 13.2. The number of hydrogen-bond acceptors (Lipinski definition) is 3. The zero-order valence-corrected chi connectivity index (χ0v) is 17.5. The lowest BCUT2D eigenvalue weighted by Gasteiger charge is -2.46. The Kier molecular flexibility index (Phi) is 5.85. The lowest BCUT2D eigenvalue weighted by molar-refractivity contribution is -0.167. The van der Waals surface area contributed by atoms with Crippen LogP contribution in [0.1, 0.15) is 71.3 Å². The number of carbonyl (C=O) groups excluding carboxylic acids is 1. The van der Waals surface area contributed by atoms with Gasteiger partial charge in [0, 0.05) is 0 Å². The van der Waals surface area contributed by atoms with E-state index in [-0.39, 0.29) is 23.8 Å². The summed E-state index contributed by atoms with van der Waals surface area (Å²) in [5.74, 6) is -0.889. The number of carboxylic acid groups (broad SMARTS) is 1. The first kappa shape index (κ1) is 20.8. The molecule has 1 N–H and O–H groups in total. The van der Waals surface area contributed by atoms with E-state index in [9.17, 15) is 14.7 Å². The summed E-state index contributed by atoms with van der Waals surface area (Å²) in [6.45, 7) is 8.79. The SMILES string of the molecule is CC[C@@H](C(=O)N1[C@H](C(=O)O)COC12CCC(C(C)(C)C)CC2)c1ccccc1. The summed E-state index contributed by atoms with van der Waals surface area (Å²) in [5, 5.41) is 9.78. The van der Waals surface area contributed by atoms with Gasteiger partial charge in [-0.1, -0.05) is 58.0 Å². The van der Waals surface area contributed by atoms with Crippen molar-refractivity contribution in [3.63, 3.8) is 0 Å². The van der Waals surface area contributed by atoms with Crippen LogP contribution in [-0.4, -0.2) is 40.3 Å². The second kappa shape index (κ2) is 7.86. The molecule has 2 aliphatic rings. The number of aliphatic carboxylic acids is 1. The summed E-state index contributed by atoms with van der Waals surface area (Å²) in [6.07, 6.45) is 3.93. The minimum atomic E-state index is -0.980. The molecule has 28 heavy (non-hydrogen) atoms. The minimum Gasteiger partial charge on any atom is -0.480 e. The van der Waals surface area contributed by atoms with Gasteiger partial charge in [0.05, 0.1) is 12.5 Å². The van der Waals surface area contributed by atoms with Gasteiger partial charge in [0.25, 0.3) is 0 Å². The first-order valence-corrected chi connectivity index (χ1v) is 10.4. The summed E-state index contributed by atoms with van der Waals surface area (Å²) in [7, 11) is 0. The van der Waals surface area contributed by atoms with Crippen LogP contribution in [0.2, 0.25) is 0 Å². The van der Waals surface area contributed by atoms with Crippen molar-refractivity contribution in [3.8, 4) is 0 Å². The molecular weight excluding hydrogens is 354 g/mol. The summed E-state index contributed by atoms with van der Waals surface area (Å²) in [4.78, 5) is 27.2. The Morgan fingerprint density at radius 1 is 1.21 bits per heavy atom. The topological polar surface area (TPSA) is 66.8 Å². The lowest BCUT2D eigenvalue weighted by Crippen LogP contribution is -2.56. The highest BCUT2D eigenvalue weighted by Crippen LogP contribution is 2.48. The van der Waals surface area contributed by atoms with Crippen LogP contribution in [0.3, 0.4) is 0 Å². The molecule has 1 aromatic rings. The molecule has 1 spiro atoms. The number of hydrogen-bond donors (Lipinski definition) is 1. The van der Waals surface area contributed by atoms with Crippen molar-refractivity contribution in [3.05, 3.63) is 35.9 Å². The van der Waals surface area contributed by atoms with E-state index >= 15 is 0 Å². The van der Waals surface area contributed by atoms with Gasteiger partial charge in [0.2, 0.25) is 5.91 Å². The predicted molar refractivity (Wildman–Crippen MR) is 108 cm³/mol. The van der Waals surface area contributed by atoms with Crippen molar-refractivity contribution < 1.29 is 19.4 Å². The van der Waals surface area contributed by atoms with E-state index in [2.05, 4.69) is 20.8 Å². The zero-order valence-electron chi connectivity index (χ0n) is 17.5. The van der Waals surface area contributed by atoms with Crippen LogP contribution >= 0.6 is 0 Å². The van der Waals surface area contributed by atoms with Crippen molar-refractivity contribution in [1.29, 1.82) is 0 Å². The Morgan fingerprint density at radius 3 is 2.32 bits per heavy atom. The minimum absolute atomic E-state index is 0.0759. The van der Waals surface area contributed by atoms with Crippen molar-refractivity contribution >= 4 is 11.9 Å². The monoisotopic (exact) mass is 387 g/mol. The van der Waals surface area contributed by atoms with E-state index in [1.54, 1.807) is 4.90 Å². The fourth-order valence-electron chi connectivity index (χ4n) is 4.92. The summed E-state index contributed by atoms with van der Waals surface area (Å²) in [6, 6.07) is 8.75. The number of rotatable bonds is 4. The van der Waals surface area contributed by atoms with E-state index < -0.39 is 17.7 Å². The zero-order chi connectivity index (χ0) is 20.5. The van der Waals surface area contributed by atoms with E-state index in [0.717, 1.165) is 18.4 Å². The third-order valence-electron chi connectivity index (χ3n) is 6.68. The summed E-state index contributed by atoms with van der Waals surface area (Å²) in [5.41, 5.74) is 0.367. The maximum Gasteiger partial charge on any atom is 0.328 e. The van der Waals surface area contributed by atoms with Crippen LogP contribution in [-0.2, 0) is 14.3 Å². The standard InChI is InChI=1S/C23H33NO4/c1-5-18(16-9-7-6-8-10-16)20(25)24-19(21(26)27)15-28-23(24)13-11-17(12-14-23)22(2,3)4/h6-10,17-19H,5,11-15H2,1-4H3,(H,26,27)/t17?,18-,19+,23?/m1/s1. The molecule has 2 fully saturated rings. The fourth-order valence-corrected chi connectivity index (χ4v) is 4.92. The average molecular weight is 388 g/mol. The molecule has 1 heterocycles. The molecule has 1 aliphatic carbocycles. The smallest absolute Gasteiger partial charge is 0.328 e. The normalized spacial score (nSPS) is 29.1. The molecule has 1 saturated carbocycles. The van der Waals surface area contributed by atoms with Gasteiger partial charge in [0.15, 0.2) is 6.04 Å². The lowest BCUT2D eigenvalue weighted by atomic mass is 9.70. The largest absolute Gasteiger partial charge is 0.480 e. The van der Waals surface area contributed by atoms with E-state index in [1.165, 1.54) is 0 Å². The van der Waals surface area contributed by atoms with Crippen LogP contribution in [0.5, 0.6) is 0 Å². The van der Waals surface area contributed by atoms with Crippen LogP contribution in [0.15, 0.2) is 30.3 Å². The predicted octanol–water partition coefficient (Wildman–Crippen LogP) is 4.42. The highest BCUT2D eigenvalue weighted by molar-refractivity contribution is 5.89. The number of nitrogens with zero attached hydrogens (tertiary/aromatic N) is 1. The van der Waals surface area contributed by atoms with Crippen molar-refractivity contribution in [2.45, 2.75) is 77.5 Å². The molecule has 0 unspecified atom stereocenters. The Bertz CT molecular complexity index is 701. The van der Waals surface area contributed by atoms with Crippen LogP contribution in [0, 0.1) is 11.3 Å². The average Bonchev–Trinajstić information content (AvgIpc) is 3.01. The van der Waals surface area contributed by atoms with Gasteiger partial charge in [-0.3, -0.25) is 9.69 Å². The molecule has 1 aliphatic heterocycles. The first-order valence-electron chi connectivity index (χ1n) is 10.4. The number of carbonyl (C=O) groups is 2. The molecule has 0 radical (unpaired) electrons. The molecule has 5 nitrogen and oxygen atoms in total. The van der Waals surface area contributed by atoms with E-state index in [0.29, 0.717) is 25.2 Å². The maximum atomic E-state index is 13.6. The van der Waals surface area contributed by atoms with E-state index in [1.807, 2.05) is 37.3 Å². The highest BCUT2D eigenvalue weighted by Gasteiger charge is 2.55. The second-order valence-electron chi connectivity index (χ2n) is 9.33. The summed E-state index contributed by atoms with van der Waals surface area (Å²) < 4.78 is 6.10. The van der Waals surface area contributed by atoms with Gasteiger partial charge in [-0.2, -0.15) is 0 Å². The van der Waals surface area contributed by atoms with Gasteiger partial charge in [-0.15, -0.1) is 0 Å². The number of ether oxygens (including phenoxy) is 1. The molecule has 1 saturated heterocycles. The van der Waals surface area contributed by atoms with Crippen molar-refractivity contribution in [2.24, 2.45) is 11.3 Å². The molecule has 1 aromatic carbocycles. The quantitative estimate of drug-likeness (QED) is 0.830. The second-order valence-corrected chi connectivity index (χ2v) is 9.33. The molecule has 1 amide bonds. The van der Waals surface area contributed by atoms with Gasteiger partial charge in [0.1, 0.15) is 5.72 Å². The number of amides is 1. The van der Waals surface area contributed by atoms with Gasteiger partial charge in [-0.25, -0.2) is 4.79 Å². The third-order valence-corrected chi connectivity index (χ3v) is 6.68. The third kappa shape index (κ3) is 3.82. The van der Waals surface area contributed by atoms with Crippen LogP contribution in [0.4, 0.5) is 0 Å². The fraction of sp³-hybridized carbons (Fsp3) is 0.652. The maximum absolute atomic E-state index is 13.6. The Hall–Kier alpha value is -1.88. The Labute approximate surface area is 168 Å². The molecule has 5 heteroatoms. The van der Waals surface area contributed by atoms with E-state index in [4.69, 9.17) is 4.74 Å². The number of carboxylic acids is 1. The molecule has 0 bridgehead atoms. The molecule has 154 valence electrons. The molecule has 0 aromatic heterocycles. The highest BCUT2D eigenvalue weighted by atomic mass is 16.5.